The van der Waals surface area contributed by atoms with E-state index in [4.69, 9.17) is 0 Å². The predicted molar refractivity (Wildman–Crippen MR) is 81.6 cm³/mol. The van der Waals surface area contributed by atoms with Crippen LogP contribution in [-0.4, -0.2) is 43.0 Å². The molecule has 0 aromatic carbocycles. The predicted octanol–water partition coefficient (Wildman–Crippen LogP) is 2.35. The summed E-state index contributed by atoms with van der Waals surface area (Å²) in [4.78, 5) is 26.3. The van der Waals surface area contributed by atoms with E-state index in [1.165, 1.54) is 31.3 Å². The van der Waals surface area contributed by atoms with E-state index >= 15 is 0 Å². The average molecular weight is 308 g/mol. The fourth-order valence-electron chi connectivity index (χ4n) is 2.93. The zero-order valence-electron chi connectivity index (χ0n) is 12.1. The van der Waals surface area contributed by atoms with Crippen molar-refractivity contribution in [3.8, 4) is 0 Å². The van der Waals surface area contributed by atoms with Crippen molar-refractivity contribution < 1.29 is 14.3 Å². The number of ether oxygens (including phenoxy) is 1. The maximum Gasteiger partial charge on any atom is 0.338 e. The number of rotatable bonds is 5. The van der Waals surface area contributed by atoms with E-state index in [2.05, 4.69) is 15.0 Å². The lowest BCUT2D eigenvalue weighted by molar-refractivity contribution is -0.121. The number of amides is 1. The Hall–Kier alpha value is -1.40. The fourth-order valence-corrected chi connectivity index (χ4v) is 3.70. The van der Waals surface area contributed by atoms with Crippen molar-refractivity contribution in [2.24, 2.45) is 5.92 Å². The van der Waals surface area contributed by atoms with E-state index in [0.29, 0.717) is 16.5 Å². The van der Waals surface area contributed by atoms with Gasteiger partial charge >= 0.3 is 5.97 Å². The Morgan fingerprint density at radius 1 is 1.38 bits per heavy atom. The van der Waals surface area contributed by atoms with Crippen LogP contribution in [-0.2, 0) is 9.53 Å². The summed E-state index contributed by atoms with van der Waals surface area (Å²) in [6, 6.07) is 1.68. The molecule has 1 saturated carbocycles. The van der Waals surface area contributed by atoms with Gasteiger partial charge in [-0.3, -0.25) is 9.69 Å². The van der Waals surface area contributed by atoms with Crippen LogP contribution in [0.5, 0.6) is 0 Å². The van der Waals surface area contributed by atoms with Crippen molar-refractivity contribution in [3.63, 3.8) is 0 Å². The quantitative estimate of drug-likeness (QED) is 0.848. The fraction of sp³-hybridized carbons (Fsp3) is 0.600. The lowest BCUT2D eigenvalue weighted by Gasteiger charge is -2.26. The minimum atomic E-state index is -0.370. The highest BCUT2D eigenvalue weighted by atomic mass is 32.1. The molecular formula is C15H20N2O3S. The number of likely N-dealkylation sites (tertiary alicyclic amines) is 1. The highest BCUT2D eigenvalue weighted by Crippen LogP contribution is 2.37. The number of methoxy groups -OCH3 is 1. The number of hydrogen-bond acceptors (Lipinski definition) is 5. The van der Waals surface area contributed by atoms with Crippen LogP contribution in [0.2, 0.25) is 0 Å². The molecule has 1 saturated heterocycles. The van der Waals surface area contributed by atoms with Gasteiger partial charge in [0.05, 0.1) is 23.7 Å². The first-order valence-electron chi connectivity index (χ1n) is 7.41. The van der Waals surface area contributed by atoms with E-state index in [0.717, 1.165) is 25.9 Å². The molecule has 1 aromatic heterocycles. The van der Waals surface area contributed by atoms with Gasteiger partial charge in [0.25, 0.3) is 0 Å². The molecule has 114 valence electrons. The summed E-state index contributed by atoms with van der Waals surface area (Å²) in [7, 11) is 1.36. The summed E-state index contributed by atoms with van der Waals surface area (Å²) in [6.07, 6.45) is 4.66. The second kappa shape index (κ2) is 6.15. The molecule has 1 unspecified atom stereocenters. The summed E-state index contributed by atoms with van der Waals surface area (Å²) < 4.78 is 4.68. The maximum atomic E-state index is 12.6. The second-order valence-corrected chi connectivity index (χ2v) is 6.62. The Kier molecular flexibility index (Phi) is 4.26. The minimum absolute atomic E-state index is 0.00354. The number of carbonyl (C=O) groups excluding carboxylic acids is 2. The molecule has 3 rings (SSSR count). The molecule has 0 radical (unpaired) electrons. The molecule has 2 heterocycles. The minimum Gasteiger partial charge on any atom is -0.465 e. The third-order valence-electron chi connectivity index (χ3n) is 4.14. The van der Waals surface area contributed by atoms with Crippen molar-refractivity contribution in [2.75, 3.05) is 25.5 Å². The highest BCUT2D eigenvalue weighted by molar-refractivity contribution is 7.14. The van der Waals surface area contributed by atoms with Crippen LogP contribution in [0.1, 0.15) is 36.0 Å². The Bertz CT molecular complexity index is 533. The summed E-state index contributed by atoms with van der Waals surface area (Å²) in [5, 5.41) is 5.39. The Labute approximate surface area is 128 Å². The van der Waals surface area contributed by atoms with Gasteiger partial charge in [0, 0.05) is 5.38 Å². The number of carbonyl (C=O) groups is 2. The molecule has 5 nitrogen and oxygen atoms in total. The first-order chi connectivity index (χ1) is 10.2. The smallest absolute Gasteiger partial charge is 0.338 e. The van der Waals surface area contributed by atoms with E-state index in [1.54, 1.807) is 11.4 Å². The normalized spacial score (nSPS) is 20.2. The zero-order chi connectivity index (χ0) is 14.8. The Morgan fingerprint density at radius 2 is 2.10 bits per heavy atom. The van der Waals surface area contributed by atoms with Crippen LogP contribution in [0.3, 0.4) is 0 Å². The molecule has 2 fully saturated rings. The van der Waals surface area contributed by atoms with Crippen molar-refractivity contribution in [3.05, 3.63) is 17.0 Å². The van der Waals surface area contributed by atoms with Gasteiger partial charge in [-0.05, 0) is 50.8 Å². The third kappa shape index (κ3) is 3.27. The van der Waals surface area contributed by atoms with Gasteiger partial charge in [-0.1, -0.05) is 0 Å². The van der Waals surface area contributed by atoms with Crippen LogP contribution >= 0.6 is 11.3 Å². The second-order valence-electron chi connectivity index (χ2n) is 5.71. The molecule has 6 heteroatoms. The summed E-state index contributed by atoms with van der Waals surface area (Å²) >= 11 is 1.36. The zero-order valence-corrected chi connectivity index (χ0v) is 12.9. The van der Waals surface area contributed by atoms with Gasteiger partial charge in [0.2, 0.25) is 5.91 Å². The number of hydrogen-bond donors (Lipinski definition) is 1. The van der Waals surface area contributed by atoms with Gasteiger partial charge in [-0.15, -0.1) is 11.3 Å². The first-order valence-corrected chi connectivity index (χ1v) is 8.29. The van der Waals surface area contributed by atoms with Crippen LogP contribution < -0.4 is 5.32 Å². The molecule has 0 bridgehead atoms. The Morgan fingerprint density at radius 3 is 2.71 bits per heavy atom. The third-order valence-corrected chi connectivity index (χ3v) is 4.98. The van der Waals surface area contributed by atoms with E-state index in [9.17, 15) is 9.59 Å². The van der Waals surface area contributed by atoms with Crippen LogP contribution in [0, 0.1) is 5.92 Å². The molecular weight excluding hydrogens is 288 g/mol. The van der Waals surface area contributed by atoms with E-state index in [1.807, 2.05) is 0 Å². The maximum absolute atomic E-state index is 12.6. The Balaban J connectivity index is 1.66. The van der Waals surface area contributed by atoms with Gasteiger partial charge < -0.3 is 10.1 Å². The number of anilines is 1. The van der Waals surface area contributed by atoms with Crippen molar-refractivity contribution in [1.82, 2.24) is 4.90 Å². The number of nitrogens with zero attached hydrogens (tertiary/aromatic N) is 1. The van der Waals surface area contributed by atoms with Crippen LogP contribution in [0.15, 0.2) is 11.4 Å². The molecule has 21 heavy (non-hydrogen) atoms. The van der Waals surface area contributed by atoms with Crippen LogP contribution in [0.25, 0.3) is 0 Å². The number of esters is 1. The molecule has 2 aliphatic rings. The monoisotopic (exact) mass is 308 g/mol. The molecule has 1 amide bonds. The molecule has 1 N–H and O–H groups in total. The van der Waals surface area contributed by atoms with Crippen molar-refractivity contribution >= 4 is 28.2 Å². The van der Waals surface area contributed by atoms with Gasteiger partial charge in [0.15, 0.2) is 0 Å². The molecule has 1 aliphatic carbocycles. The van der Waals surface area contributed by atoms with Gasteiger partial charge in [-0.25, -0.2) is 4.79 Å². The van der Waals surface area contributed by atoms with Crippen molar-refractivity contribution in [2.45, 2.75) is 31.7 Å². The van der Waals surface area contributed by atoms with E-state index in [-0.39, 0.29) is 17.9 Å². The SMILES string of the molecule is COC(=O)c1csc(NC(=O)C(C2CC2)N2CCCC2)c1. The lowest BCUT2D eigenvalue weighted by atomic mass is 10.1. The summed E-state index contributed by atoms with van der Waals surface area (Å²) in [5.41, 5.74) is 0.488. The topological polar surface area (TPSA) is 58.6 Å². The summed E-state index contributed by atoms with van der Waals surface area (Å²) in [6.45, 7) is 2.04. The number of thiophene rings is 1. The average Bonchev–Trinajstić information content (AvgIpc) is 2.97. The standard InChI is InChI=1S/C15H20N2O3S/c1-20-15(19)11-8-12(21-9-11)16-14(18)13(10-4-5-10)17-6-2-3-7-17/h8-10,13H,2-7H2,1H3,(H,16,18). The lowest BCUT2D eigenvalue weighted by Crippen LogP contribution is -2.44. The molecule has 1 aliphatic heterocycles. The highest BCUT2D eigenvalue weighted by Gasteiger charge is 2.41. The van der Waals surface area contributed by atoms with E-state index < -0.39 is 0 Å². The van der Waals surface area contributed by atoms with Gasteiger partial charge in [-0.2, -0.15) is 0 Å². The van der Waals surface area contributed by atoms with Crippen LogP contribution in [0.4, 0.5) is 5.00 Å². The molecule has 1 aromatic rings. The largest absolute Gasteiger partial charge is 0.465 e. The number of nitrogens with one attached hydrogen (secondary N) is 1. The molecule has 1 atom stereocenters. The van der Waals surface area contributed by atoms with Gasteiger partial charge in [0.1, 0.15) is 0 Å². The molecule has 0 spiro atoms. The summed E-state index contributed by atoms with van der Waals surface area (Å²) in [5.74, 6) is 0.200. The van der Waals surface area contributed by atoms with Crippen molar-refractivity contribution in [1.29, 1.82) is 0 Å². The first kappa shape index (κ1) is 14.5.